The molecule has 0 bridgehead atoms. The van der Waals surface area contributed by atoms with E-state index in [1.807, 2.05) is 30.3 Å². The van der Waals surface area contributed by atoms with Crippen LogP contribution in [-0.4, -0.2) is 21.2 Å². The lowest BCUT2D eigenvalue weighted by atomic mass is 10.1. The van der Waals surface area contributed by atoms with Crippen molar-refractivity contribution in [2.24, 2.45) is 5.73 Å². The van der Waals surface area contributed by atoms with Crippen LogP contribution in [-0.2, 0) is 15.6 Å². The maximum atomic E-state index is 11.2. The molecular formula is C11H15NO2S. The summed E-state index contributed by atoms with van der Waals surface area (Å²) in [5.74, 6) is 0.0675. The Morgan fingerprint density at radius 2 is 2.00 bits per heavy atom. The first-order valence-corrected chi connectivity index (χ1v) is 6.71. The third-order valence-corrected chi connectivity index (χ3v) is 2.74. The molecule has 0 aromatic heterocycles. The smallest absolute Gasteiger partial charge is 0.151 e. The zero-order valence-corrected chi connectivity index (χ0v) is 9.50. The second kappa shape index (κ2) is 5.09. The third kappa shape index (κ3) is 4.27. The van der Waals surface area contributed by atoms with E-state index in [0.717, 1.165) is 11.1 Å². The van der Waals surface area contributed by atoms with Gasteiger partial charge in [0.1, 0.15) is 0 Å². The van der Waals surface area contributed by atoms with Crippen LogP contribution in [0.25, 0.3) is 6.08 Å². The van der Waals surface area contributed by atoms with Crippen LogP contribution in [0.5, 0.6) is 0 Å². The minimum atomic E-state index is -2.99. The van der Waals surface area contributed by atoms with E-state index in [1.54, 1.807) is 6.08 Å². The lowest BCUT2D eigenvalue weighted by molar-refractivity contribution is 0.601. The summed E-state index contributed by atoms with van der Waals surface area (Å²) >= 11 is 0. The molecule has 0 spiro atoms. The molecule has 1 rings (SSSR count). The topological polar surface area (TPSA) is 60.2 Å². The van der Waals surface area contributed by atoms with Crippen LogP contribution >= 0.6 is 0 Å². The third-order valence-electron chi connectivity index (χ3n) is 1.91. The van der Waals surface area contributed by atoms with Crippen molar-refractivity contribution in [1.29, 1.82) is 0 Å². The average molecular weight is 225 g/mol. The lowest BCUT2D eigenvalue weighted by Crippen LogP contribution is -2.02. The Labute approximate surface area is 90.5 Å². The van der Waals surface area contributed by atoms with Crippen molar-refractivity contribution in [3.63, 3.8) is 0 Å². The molecule has 15 heavy (non-hydrogen) atoms. The highest BCUT2D eigenvalue weighted by Gasteiger charge is 2.06. The fraction of sp³-hybridized carbons (Fsp3) is 0.273. The molecule has 82 valence electrons. The van der Waals surface area contributed by atoms with Crippen molar-refractivity contribution in [3.05, 3.63) is 41.5 Å². The summed E-state index contributed by atoms with van der Waals surface area (Å²) in [6.07, 6.45) is 4.89. The van der Waals surface area contributed by atoms with Gasteiger partial charge in [0.05, 0.1) is 5.75 Å². The molecule has 0 heterocycles. The van der Waals surface area contributed by atoms with E-state index in [9.17, 15) is 8.42 Å². The average Bonchev–Trinajstić information content (AvgIpc) is 2.14. The van der Waals surface area contributed by atoms with Crippen LogP contribution in [0.3, 0.4) is 0 Å². The van der Waals surface area contributed by atoms with Crippen molar-refractivity contribution in [1.82, 2.24) is 0 Å². The summed E-state index contributed by atoms with van der Waals surface area (Å²) in [6.45, 7) is 0.452. The Hall–Kier alpha value is -1.13. The standard InChI is InChI=1S/C11H15NO2S/c1-15(13,14)9-11-6-3-2-5-10(11)7-4-8-12/h2-7H,8-9,12H2,1H3. The van der Waals surface area contributed by atoms with Crippen molar-refractivity contribution in [3.8, 4) is 0 Å². The number of nitrogens with two attached hydrogens (primary N) is 1. The van der Waals surface area contributed by atoms with Crippen LogP contribution in [0.15, 0.2) is 30.3 Å². The van der Waals surface area contributed by atoms with Crippen molar-refractivity contribution in [2.75, 3.05) is 12.8 Å². The van der Waals surface area contributed by atoms with Gasteiger partial charge in [0, 0.05) is 12.8 Å². The van der Waals surface area contributed by atoms with Crippen LogP contribution in [0.4, 0.5) is 0 Å². The predicted octanol–water partition coefficient (Wildman–Crippen LogP) is 1.20. The first-order valence-electron chi connectivity index (χ1n) is 4.65. The summed E-state index contributed by atoms with van der Waals surface area (Å²) in [5, 5.41) is 0. The predicted molar refractivity (Wildman–Crippen MR) is 63.1 cm³/mol. The minimum absolute atomic E-state index is 0.0675. The normalized spacial score (nSPS) is 12.1. The van der Waals surface area contributed by atoms with Gasteiger partial charge in [-0.15, -0.1) is 0 Å². The molecule has 0 aliphatic carbocycles. The molecule has 2 N–H and O–H groups in total. The largest absolute Gasteiger partial charge is 0.327 e. The van der Waals surface area contributed by atoms with E-state index in [4.69, 9.17) is 5.73 Å². The van der Waals surface area contributed by atoms with Gasteiger partial charge in [-0.1, -0.05) is 36.4 Å². The second-order valence-electron chi connectivity index (χ2n) is 3.41. The molecule has 0 unspecified atom stereocenters. The van der Waals surface area contributed by atoms with Gasteiger partial charge in [0.15, 0.2) is 9.84 Å². The first-order chi connectivity index (χ1) is 7.03. The summed E-state index contributed by atoms with van der Waals surface area (Å²) in [6, 6.07) is 7.41. The summed E-state index contributed by atoms with van der Waals surface area (Å²) in [7, 11) is -2.99. The molecule has 0 fully saturated rings. The van der Waals surface area contributed by atoms with E-state index < -0.39 is 9.84 Å². The van der Waals surface area contributed by atoms with Gasteiger partial charge < -0.3 is 5.73 Å². The molecule has 4 heteroatoms. The Bertz CT molecular complexity index is 449. The van der Waals surface area contributed by atoms with Gasteiger partial charge in [-0.2, -0.15) is 0 Å². The maximum absolute atomic E-state index is 11.2. The molecular weight excluding hydrogens is 210 g/mol. The molecule has 1 aromatic carbocycles. The molecule has 0 aliphatic rings. The molecule has 0 saturated carbocycles. The molecule has 0 atom stereocenters. The SMILES string of the molecule is CS(=O)(=O)Cc1ccccc1C=CCN. The Morgan fingerprint density at radius 3 is 2.60 bits per heavy atom. The summed E-state index contributed by atoms with van der Waals surface area (Å²) in [5.41, 5.74) is 7.07. The van der Waals surface area contributed by atoms with Gasteiger partial charge in [-0.25, -0.2) is 8.42 Å². The number of rotatable bonds is 4. The Balaban J connectivity index is 3.01. The van der Waals surface area contributed by atoms with Crippen LogP contribution < -0.4 is 5.73 Å². The minimum Gasteiger partial charge on any atom is -0.327 e. The fourth-order valence-electron chi connectivity index (χ4n) is 1.31. The number of hydrogen-bond acceptors (Lipinski definition) is 3. The fourth-order valence-corrected chi connectivity index (χ4v) is 2.13. The quantitative estimate of drug-likeness (QED) is 0.837. The van der Waals surface area contributed by atoms with Crippen molar-refractivity contribution in [2.45, 2.75) is 5.75 Å². The zero-order chi connectivity index (χ0) is 11.3. The van der Waals surface area contributed by atoms with Gasteiger partial charge in [0.25, 0.3) is 0 Å². The summed E-state index contributed by atoms with van der Waals surface area (Å²) < 4.78 is 22.4. The molecule has 0 amide bonds. The monoisotopic (exact) mass is 225 g/mol. The highest BCUT2D eigenvalue weighted by Crippen LogP contribution is 2.13. The first kappa shape index (κ1) is 11.9. The van der Waals surface area contributed by atoms with Crippen LogP contribution in [0.1, 0.15) is 11.1 Å². The molecule has 1 aromatic rings. The zero-order valence-electron chi connectivity index (χ0n) is 8.68. The van der Waals surface area contributed by atoms with E-state index >= 15 is 0 Å². The van der Waals surface area contributed by atoms with Gasteiger partial charge in [-0.3, -0.25) is 0 Å². The lowest BCUT2D eigenvalue weighted by Gasteiger charge is -2.03. The van der Waals surface area contributed by atoms with E-state index in [1.165, 1.54) is 6.26 Å². The van der Waals surface area contributed by atoms with Gasteiger partial charge >= 0.3 is 0 Å². The second-order valence-corrected chi connectivity index (χ2v) is 5.55. The Kier molecular flexibility index (Phi) is 4.05. The van der Waals surface area contributed by atoms with E-state index in [-0.39, 0.29) is 5.75 Å². The van der Waals surface area contributed by atoms with Crippen LogP contribution in [0.2, 0.25) is 0 Å². The molecule has 0 saturated heterocycles. The van der Waals surface area contributed by atoms with Gasteiger partial charge in [0.2, 0.25) is 0 Å². The molecule has 0 radical (unpaired) electrons. The summed E-state index contributed by atoms with van der Waals surface area (Å²) in [4.78, 5) is 0. The van der Waals surface area contributed by atoms with Gasteiger partial charge in [-0.05, 0) is 11.1 Å². The number of benzene rings is 1. The highest BCUT2D eigenvalue weighted by atomic mass is 32.2. The van der Waals surface area contributed by atoms with Crippen molar-refractivity contribution < 1.29 is 8.42 Å². The number of sulfone groups is 1. The molecule has 3 nitrogen and oxygen atoms in total. The van der Waals surface area contributed by atoms with E-state index in [0.29, 0.717) is 6.54 Å². The van der Waals surface area contributed by atoms with Crippen LogP contribution in [0, 0.1) is 0 Å². The highest BCUT2D eigenvalue weighted by molar-refractivity contribution is 7.89. The van der Waals surface area contributed by atoms with Crippen molar-refractivity contribution >= 4 is 15.9 Å². The van der Waals surface area contributed by atoms with E-state index in [2.05, 4.69) is 0 Å². The number of hydrogen-bond donors (Lipinski definition) is 1. The Morgan fingerprint density at radius 1 is 1.33 bits per heavy atom. The maximum Gasteiger partial charge on any atom is 0.151 e. The molecule has 0 aliphatic heterocycles.